The molecule has 0 saturated carbocycles. The highest BCUT2D eigenvalue weighted by molar-refractivity contribution is 7.18. The Balaban J connectivity index is 1.52. The molecule has 1 N–H and O–H groups in total. The van der Waals surface area contributed by atoms with Crippen molar-refractivity contribution in [2.24, 2.45) is 0 Å². The van der Waals surface area contributed by atoms with Gasteiger partial charge in [-0.3, -0.25) is 4.79 Å². The summed E-state index contributed by atoms with van der Waals surface area (Å²) in [5.41, 5.74) is 2.02. The fraction of sp³-hybridized carbons (Fsp3) is 0.118. The van der Waals surface area contributed by atoms with Crippen LogP contribution in [0.1, 0.15) is 10.6 Å². The molecule has 2 aromatic carbocycles. The molecule has 0 aliphatic carbocycles. The van der Waals surface area contributed by atoms with Crippen LogP contribution in [0.5, 0.6) is 0 Å². The third-order valence-corrected chi connectivity index (χ3v) is 4.08. The maximum Gasteiger partial charge on any atom is 0.250 e. The number of anilines is 1. The molecular formula is C17H13N3O2S. The molecule has 0 bridgehead atoms. The molecule has 0 saturated heterocycles. The molecule has 1 aromatic heterocycles. The van der Waals surface area contributed by atoms with E-state index in [1.54, 1.807) is 35.6 Å². The first-order valence-corrected chi connectivity index (χ1v) is 7.78. The lowest BCUT2D eigenvalue weighted by atomic mass is 10.2. The third kappa shape index (κ3) is 3.92. The molecule has 0 aliphatic rings. The number of carbonyl (C=O) groups excluding carboxylic acids is 1. The number of benzene rings is 2. The van der Waals surface area contributed by atoms with Gasteiger partial charge in [-0.1, -0.05) is 18.2 Å². The molecule has 1 heterocycles. The van der Waals surface area contributed by atoms with Gasteiger partial charge in [0.05, 0.1) is 28.5 Å². The minimum absolute atomic E-state index is 0.0628. The summed E-state index contributed by atoms with van der Waals surface area (Å²) >= 11 is 1.55. The number of carbonyl (C=O) groups is 1. The van der Waals surface area contributed by atoms with Gasteiger partial charge in [0.2, 0.25) is 5.91 Å². The maximum atomic E-state index is 11.8. The summed E-state index contributed by atoms with van der Waals surface area (Å²) in [5, 5.41) is 12.4. The normalized spacial score (nSPS) is 10.4. The molecule has 0 radical (unpaired) electrons. The van der Waals surface area contributed by atoms with Crippen LogP contribution in [0.3, 0.4) is 0 Å². The number of hydrogen-bond donors (Lipinski definition) is 1. The highest BCUT2D eigenvalue weighted by atomic mass is 32.1. The van der Waals surface area contributed by atoms with Crippen LogP contribution < -0.4 is 5.32 Å². The van der Waals surface area contributed by atoms with Crippen LogP contribution in [-0.2, 0) is 16.1 Å². The largest absolute Gasteiger partial charge is 0.364 e. The quantitative estimate of drug-likeness (QED) is 0.781. The monoisotopic (exact) mass is 323 g/mol. The average molecular weight is 323 g/mol. The third-order valence-electron chi connectivity index (χ3n) is 3.07. The van der Waals surface area contributed by atoms with Crippen LogP contribution in [0.4, 0.5) is 5.69 Å². The van der Waals surface area contributed by atoms with Gasteiger partial charge in [-0.25, -0.2) is 4.98 Å². The summed E-state index contributed by atoms with van der Waals surface area (Å²) < 4.78 is 6.51. The second-order valence-corrected chi connectivity index (χ2v) is 5.92. The summed E-state index contributed by atoms with van der Waals surface area (Å²) in [7, 11) is 0. The van der Waals surface area contributed by atoms with Gasteiger partial charge in [-0.05, 0) is 30.3 Å². The summed E-state index contributed by atoms with van der Waals surface area (Å²) in [6.45, 7) is 0.234. The SMILES string of the molecule is N#Cc1cccc(NC(=O)COCc2nc3ccccc3s2)c1. The van der Waals surface area contributed by atoms with Gasteiger partial charge < -0.3 is 10.1 Å². The van der Waals surface area contributed by atoms with Gasteiger partial charge in [0.15, 0.2) is 0 Å². The molecule has 114 valence electrons. The molecule has 0 atom stereocenters. The number of nitrogens with one attached hydrogen (secondary N) is 1. The van der Waals surface area contributed by atoms with Gasteiger partial charge >= 0.3 is 0 Å². The zero-order valence-corrected chi connectivity index (χ0v) is 13.0. The van der Waals surface area contributed by atoms with E-state index < -0.39 is 0 Å². The topological polar surface area (TPSA) is 75.0 Å². The Kier molecular flexibility index (Phi) is 4.62. The summed E-state index contributed by atoms with van der Waals surface area (Å²) in [6, 6.07) is 16.6. The van der Waals surface area contributed by atoms with Crippen molar-refractivity contribution in [3.8, 4) is 6.07 Å². The standard InChI is InChI=1S/C17H13N3O2S/c18-9-12-4-3-5-13(8-12)19-16(21)10-22-11-17-20-14-6-1-2-7-15(14)23-17/h1-8H,10-11H2,(H,19,21). The van der Waals surface area contributed by atoms with E-state index in [4.69, 9.17) is 10.00 Å². The number of thiazole rings is 1. The van der Waals surface area contributed by atoms with Gasteiger partial charge in [-0.15, -0.1) is 11.3 Å². The molecule has 3 aromatic rings. The van der Waals surface area contributed by atoms with Crippen molar-refractivity contribution in [1.82, 2.24) is 4.98 Å². The Morgan fingerprint density at radius 1 is 1.26 bits per heavy atom. The maximum absolute atomic E-state index is 11.8. The Morgan fingerprint density at radius 3 is 2.96 bits per heavy atom. The van der Waals surface area contributed by atoms with Crippen molar-refractivity contribution >= 4 is 33.1 Å². The van der Waals surface area contributed by atoms with E-state index in [2.05, 4.69) is 10.3 Å². The number of amides is 1. The fourth-order valence-electron chi connectivity index (χ4n) is 2.08. The molecule has 3 rings (SSSR count). The number of nitrogens with zero attached hydrogens (tertiary/aromatic N) is 2. The predicted octanol–water partition coefficient (Wildman–Crippen LogP) is 3.32. The number of ether oxygens (including phenoxy) is 1. The Bertz CT molecular complexity index is 850. The second kappa shape index (κ2) is 7.01. The lowest BCUT2D eigenvalue weighted by molar-refractivity contribution is -0.121. The second-order valence-electron chi connectivity index (χ2n) is 4.81. The highest BCUT2D eigenvalue weighted by Crippen LogP contribution is 2.21. The molecular weight excluding hydrogens is 310 g/mol. The van der Waals surface area contributed by atoms with E-state index in [0.29, 0.717) is 17.9 Å². The van der Waals surface area contributed by atoms with Crippen LogP contribution >= 0.6 is 11.3 Å². The van der Waals surface area contributed by atoms with E-state index >= 15 is 0 Å². The molecule has 0 spiro atoms. The highest BCUT2D eigenvalue weighted by Gasteiger charge is 2.06. The smallest absolute Gasteiger partial charge is 0.250 e. The van der Waals surface area contributed by atoms with E-state index in [1.807, 2.05) is 30.3 Å². The van der Waals surface area contributed by atoms with Crippen molar-refractivity contribution in [3.63, 3.8) is 0 Å². The molecule has 0 aliphatic heterocycles. The van der Waals surface area contributed by atoms with Crippen LogP contribution in [0.25, 0.3) is 10.2 Å². The average Bonchev–Trinajstić information content (AvgIpc) is 2.97. The number of fused-ring (bicyclic) bond motifs is 1. The predicted molar refractivity (Wildman–Crippen MR) is 89.1 cm³/mol. The molecule has 23 heavy (non-hydrogen) atoms. The van der Waals surface area contributed by atoms with E-state index in [-0.39, 0.29) is 12.5 Å². The van der Waals surface area contributed by atoms with Crippen LogP contribution in [0.15, 0.2) is 48.5 Å². The van der Waals surface area contributed by atoms with Gasteiger partial charge in [0.25, 0.3) is 0 Å². The first-order valence-electron chi connectivity index (χ1n) is 6.97. The first kappa shape index (κ1) is 15.2. The molecule has 6 heteroatoms. The molecule has 1 amide bonds. The van der Waals surface area contributed by atoms with Crippen molar-refractivity contribution in [2.45, 2.75) is 6.61 Å². The molecule has 0 unspecified atom stereocenters. The summed E-state index contributed by atoms with van der Waals surface area (Å²) in [4.78, 5) is 16.3. The van der Waals surface area contributed by atoms with Crippen molar-refractivity contribution in [3.05, 3.63) is 59.1 Å². The lowest BCUT2D eigenvalue weighted by Crippen LogP contribution is -2.18. The minimum atomic E-state index is -0.263. The summed E-state index contributed by atoms with van der Waals surface area (Å²) in [6.07, 6.45) is 0. The van der Waals surface area contributed by atoms with Gasteiger partial charge in [0.1, 0.15) is 11.6 Å². The van der Waals surface area contributed by atoms with E-state index in [9.17, 15) is 4.79 Å². The van der Waals surface area contributed by atoms with Gasteiger partial charge in [0, 0.05) is 5.69 Å². The van der Waals surface area contributed by atoms with Crippen molar-refractivity contribution < 1.29 is 9.53 Å². The fourth-order valence-corrected chi connectivity index (χ4v) is 2.98. The van der Waals surface area contributed by atoms with E-state index in [1.165, 1.54) is 0 Å². The number of rotatable bonds is 5. The van der Waals surface area contributed by atoms with Crippen molar-refractivity contribution in [1.29, 1.82) is 5.26 Å². The van der Waals surface area contributed by atoms with Gasteiger partial charge in [-0.2, -0.15) is 5.26 Å². The first-order chi connectivity index (χ1) is 11.2. The van der Waals surface area contributed by atoms with Crippen LogP contribution in [0.2, 0.25) is 0 Å². The van der Waals surface area contributed by atoms with Crippen molar-refractivity contribution in [2.75, 3.05) is 11.9 Å². The van der Waals surface area contributed by atoms with E-state index in [0.717, 1.165) is 15.2 Å². The number of hydrogen-bond acceptors (Lipinski definition) is 5. The molecule has 5 nitrogen and oxygen atoms in total. The Hall–Kier alpha value is -2.75. The zero-order chi connectivity index (χ0) is 16.1. The Labute approximate surface area is 137 Å². The Morgan fingerprint density at radius 2 is 2.13 bits per heavy atom. The lowest BCUT2D eigenvalue weighted by Gasteiger charge is -2.05. The van der Waals surface area contributed by atoms with Crippen LogP contribution in [0, 0.1) is 11.3 Å². The molecule has 0 fully saturated rings. The number of aromatic nitrogens is 1. The zero-order valence-electron chi connectivity index (χ0n) is 12.2. The van der Waals surface area contributed by atoms with Crippen LogP contribution in [-0.4, -0.2) is 17.5 Å². The summed E-state index contributed by atoms with van der Waals surface area (Å²) in [5.74, 6) is -0.263. The number of para-hydroxylation sites is 1. The minimum Gasteiger partial charge on any atom is -0.364 e. The number of nitriles is 1.